The minimum atomic E-state index is -0.640. The molecule has 0 bridgehead atoms. The summed E-state index contributed by atoms with van der Waals surface area (Å²) in [7, 11) is 0. The fourth-order valence-corrected chi connectivity index (χ4v) is 5.79. The molecule has 5 atom stereocenters. The molecule has 3 rings (SSSR count). The molecule has 186 valence electrons. The predicted molar refractivity (Wildman–Crippen MR) is 139 cm³/mol. The van der Waals surface area contributed by atoms with Gasteiger partial charge in [-0.25, -0.2) is 0 Å². The van der Waals surface area contributed by atoms with Gasteiger partial charge in [0.1, 0.15) is 0 Å². The Hall–Kier alpha value is -1.45. The SMILES string of the molecule is C=C1/C(=C\C=C2/CCCC(C)(C(C)C/C=C3\CCC(C)(C)C3=O)C2C)CC(O)CC1O.CC. The second-order valence-corrected chi connectivity index (χ2v) is 11.2. The first-order valence-corrected chi connectivity index (χ1v) is 13.1. The van der Waals surface area contributed by atoms with Gasteiger partial charge in [0, 0.05) is 11.8 Å². The van der Waals surface area contributed by atoms with E-state index < -0.39 is 12.2 Å². The Labute approximate surface area is 202 Å². The standard InChI is InChI=1S/C28H42O3.C2H6/c1-18(9-10-22-13-15-27(4,5)26(22)31)28(6)14-7-8-21(20(28)3)11-12-23-16-24(29)17-25(30)19(23)2;1-2/h10-12,18,20,24-25,29-30H,2,7-9,13-17H2,1,3-6H3;1-2H3/b21-11+,22-10+,23-12-;. The van der Waals surface area contributed by atoms with E-state index in [0.29, 0.717) is 30.5 Å². The molecule has 5 unspecified atom stereocenters. The van der Waals surface area contributed by atoms with Gasteiger partial charge in [0.05, 0.1) is 12.2 Å². The number of hydrogen-bond donors (Lipinski definition) is 2. The summed E-state index contributed by atoms with van der Waals surface area (Å²) in [5.74, 6) is 1.29. The van der Waals surface area contributed by atoms with E-state index >= 15 is 0 Å². The maximum Gasteiger partial charge on any atom is 0.164 e. The summed E-state index contributed by atoms with van der Waals surface area (Å²) in [6.45, 7) is 19.3. The quantitative estimate of drug-likeness (QED) is 0.443. The second-order valence-electron chi connectivity index (χ2n) is 11.2. The van der Waals surface area contributed by atoms with Crippen molar-refractivity contribution in [2.45, 2.75) is 112 Å². The van der Waals surface area contributed by atoms with Gasteiger partial charge in [-0.2, -0.15) is 0 Å². The van der Waals surface area contributed by atoms with Gasteiger partial charge in [-0.05, 0) is 78.9 Å². The summed E-state index contributed by atoms with van der Waals surface area (Å²) >= 11 is 0. The molecule has 0 aromatic carbocycles. The zero-order chi connectivity index (χ0) is 25.0. The van der Waals surface area contributed by atoms with Crippen LogP contribution in [0.1, 0.15) is 99.8 Å². The molecular formula is C30H48O3. The smallest absolute Gasteiger partial charge is 0.164 e. The lowest BCUT2D eigenvalue weighted by Gasteiger charge is -2.46. The molecule has 3 aliphatic rings. The molecule has 0 radical (unpaired) electrons. The van der Waals surface area contributed by atoms with Crippen LogP contribution in [-0.4, -0.2) is 28.2 Å². The van der Waals surface area contributed by atoms with Gasteiger partial charge in [0.25, 0.3) is 0 Å². The molecule has 3 heteroatoms. The van der Waals surface area contributed by atoms with Crippen molar-refractivity contribution in [1.29, 1.82) is 0 Å². The summed E-state index contributed by atoms with van der Waals surface area (Å²) in [4.78, 5) is 12.6. The van der Waals surface area contributed by atoms with Crippen molar-refractivity contribution < 1.29 is 15.0 Å². The van der Waals surface area contributed by atoms with Gasteiger partial charge in [0.2, 0.25) is 0 Å². The van der Waals surface area contributed by atoms with E-state index in [-0.39, 0.29) is 10.8 Å². The number of aliphatic hydroxyl groups excluding tert-OH is 2. The Balaban J connectivity index is 0.00000187. The number of carbonyl (C=O) groups excluding carboxylic acids is 1. The van der Waals surface area contributed by atoms with Gasteiger partial charge in [-0.15, -0.1) is 0 Å². The molecule has 0 saturated heterocycles. The van der Waals surface area contributed by atoms with Crippen LogP contribution in [0.25, 0.3) is 0 Å². The lowest BCUT2D eigenvalue weighted by Crippen LogP contribution is -2.36. The van der Waals surface area contributed by atoms with Gasteiger partial charge in [0.15, 0.2) is 5.78 Å². The molecule has 2 N–H and O–H groups in total. The molecule has 33 heavy (non-hydrogen) atoms. The number of Topliss-reactive ketones (excluding diaryl/α,β-unsaturated/α-hetero) is 1. The highest BCUT2D eigenvalue weighted by Crippen LogP contribution is 2.50. The zero-order valence-electron chi connectivity index (χ0n) is 22.2. The number of rotatable bonds is 4. The normalized spacial score (nSPS) is 36.8. The Kier molecular flexibility index (Phi) is 9.53. The largest absolute Gasteiger partial charge is 0.393 e. The first-order chi connectivity index (χ1) is 15.5. The van der Waals surface area contributed by atoms with Crippen LogP contribution >= 0.6 is 0 Å². The summed E-state index contributed by atoms with van der Waals surface area (Å²) in [5.41, 5.74) is 4.21. The Morgan fingerprint density at radius 1 is 1.09 bits per heavy atom. The van der Waals surface area contributed by atoms with Gasteiger partial charge in [-0.1, -0.05) is 78.8 Å². The van der Waals surface area contributed by atoms with Crippen LogP contribution in [0.15, 0.2) is 47.1 Å². The third kappa shape index (κ3) is 6.17. The topological polar surface area (TPSA) is 57.5 Å². The van der Waals surface area contributed by atoms with Crippen molar-refractivity contribution in [1.82, 2.24) is 0 Å². The number of ketones is 1. The maximum atomic E-state index is 12.6. The van der Waals surface area contributed by atoms with E-state index in [1.165, 1.54) is 18.4 Å². The number of allylic oxidation sites excluding steroid dienone is 5. The molecule has 3 saturated carbocycles. The van der Waals surface area contributed by atoms with Crippen molar-refractivity contribution in [3.63, 3.8) is 0 Å². The van der Waals surface area contributed by atoms with E-state index in [4.69, 9.17) is 0 Å². The van der Waals surface area contributed by atoms with Gasteiger partial charge in [-0.3, -0.25) is 4.79 Å². The van der Waals surface area contributed by atoms with Gasteiger partial charge < -0.3 is 10.2 Å². The summed E-state index contributed by atoms with van der Waals surface area (Å²) in [5, 5.41) is 20.1. The first-order valence-electron chi connectivity index (χ1n) is 13.1. The van der Waals surface area contributed by atoms with E-state index in [2.05, 4.69) is 59.4 Å². The number of carbonyl (C=O) groups is 1. The van der Waals surface area contributed by atoms with Crippen LogP contribution in [0.5, 0.6) is 0 Å². The van der Waals surface area contributed by atoms with E-state index in [0.717, 1.165) is 42.4 Å². The van der Waals surface area contributed by atoms with Crippen molar-refractivity contribution in [2.75, 3.05) is 0 Å². The summed E-state index contributed by atoms with van der Waals surface area (Å²) < 4.78 is 0. The molecule has 3 nitrogen and oxygen atoms in total. The van der Waals surface area contributed by atoms with Crippen molar-refractivity contribution in [2.24, 2.45) is 22.7 Å². The maximum absolute atomic E-state index is 12.6. The molecule has 3 fully saturated rings. The zero-order valence-corrected chi connectivity index (χ0v) is 22.2. The van der Waals surface area contributed by atoms with Gasteiger partial charge >= 0.3 is 0 Å². The van der Waals surface area contributed by atoms with E-state index in [1.54, 1.807) is 0 Å². The molecule has 0 aliphatic heterocycles. The van der Waals surface area contributed by atoms with E-state index in [9.17, 15) is 15.0 Å². The molecule has 0 spiro atoms. The molecule has 3 aliphatic carbocycles. The Bertz CT molecular complexity index is 812. The molecule has 0 amide bonds. The van der Waals surface area contributed by atoms with Crippen molar-refractivity contribution in [3.05, 3.63) is 47.1 Å². The Morgan fingerprint density at radius 2 is 1.76 bits per heavy atom. The third-order valence-corrected chi connectivity index (χ3v) is 8.76. The molecular weight excluding hydrogens is 408 g/mol. The highest BCUT2D eigenvalue weighted by molar-refractivity contribution is 6.01. The van der Waals surface area contributed by atoms with Crippen LogP contribution in [0.4, 0.5) is 0 Å². The average molecular weight is 457 g/mol. The first kappa shape index (κ1) is 27.8. The van der Waals surface area contributed by atoms with Crippen molar-refractivity contribution >= 4 is 5.78 Å². The van der Waals surface area contributed by atoms with Crippen LogP contribution in [0.2, 0.25) is 0 Å². The summed E-state index contributed by atoms with van der Waals surface area (Å²) in [6.07, 6.45) is 12.7. The highest BCUT2D eigenvalue weighted by Gasteiger charge is 2.41. The third-order valence-electron chi connectivity index (χ3n) is 8.76. The lowest BCUT2D eigenvalue weighted by molar-refractivity contribution is -0.121. The second kappa shape index (κ2) is 11.3. The van der Waals surface area contributed by atoms with Crippen LogP contribution in [0.3, 0.4) is 0 Å². The van der Waals surface area contributed by atoms with E-state index in [1.807, 2.05) is 13.8 Å². The molecule has 0 heterocycles. The number of aliphatic hydroxyl groups is 2. The monoisotopic (exact) mass is 456 g/mol. The molecule has 0 aromatic rings. The fourth-order valence-electron chi connectivity index (χ4n) is 5.79. The molecule has 0 aromatic heterocycles. The number of hydrogen-bond acceptors (Lipinski definition) is 3. The van der Waals surface area contributed by atoms with Crippen molar-refractivity contribution in [3.8, 4) is 0 Å². The average Bonchev–Trinajstić information content (AvgIpc) is 3.04. The van der Waals surface area contributed by atoms with Crippen LogP contribution < -0.4 is 0 Å². The lowest BCUT2D eigenvalue weighted by atomic mass is 9.59. The minimum Gasteiger partial charge on any atom is -0.393 e. The minimum absolute atomic E-state index is 0.190. The highest BCUT2D eigenvalue weighted by atomic mass is 16.3. The fraction of sp³-hybridized carbons (Fsp3) is 0.700. The Morgan fingerprint density at radius 3 is 2.36 bits per heavy atom. The van der Waals surface area contributed by atoms with Crippen LogP contribution in [-0.2, 0) is 4.79 Å². The summed E-state index contributed by atoms with van der Waals surface area (Å²) in [6, 6.07) is 0. The predicted octanol–water partition coefficient (Wildman–Crippen LogP) is 7.11. The van der Waals surface area contributed by atoms with Crippen LogP contribution in [0, 0.1) is 22.7 Å².